The molecule has 1 saturated carbocycles. The Kier molecular flexibility index (Phi) is 3.17. The fraction of sp³-hybridized carbons (Fsp3) is 0.533. The molecule has 1 aliphatic heterocycles. The number of aromatic hydroxyl groups is 1. The number of hydrogen-bond donors (Lipinski definition) is 2. The first-order chi connectivity index (χ1) is 9.49. The molecule has 20 heavy (non-hydrogen) atoms. The zero-order valence-electron chi connectivity index (χ0n) is 11.2. The number of nitrogens with zero attached hydrogens (tertiary/aromatic N) is 1. The van der Waals surface area contributed by atoms with Crippen LogP contribution in [0.2, 0.25) is 0 Å². The van der Waals surface area contributed by atoms with Gasteiger partial charge in [0.15, 0.2) is 0 Å². The van der Waals surface area contributed by atoms with Crippen LogP contribution in [0.15, 0.2) is 18.2 Å². The normalized spacial score (nSPS) is 21.8. The van der Waals surface area contributed by atoms with Crippen LogP contribution < -0.4 is 0 Å². The number of halogens is 1. The number of aliphatic hydroxyl groups is 1. The van der Waals surface area contributed by atoms with Gasteiger partial charge in [0.25, 0.3) is 5.91 Å². The lowest BCUT2D eigenvalue weighted by molar-refractivity contribution is 0.0338. The van der Waals surface area contributed by atoms with Crippen molar-refractivity contribution in [1.29, 1.82) is 0 Å². The highest BCUT2D eigenvalue weighted by Gasteiger charge is 2.48. The Morgan fingerprint density at radius 1 is 1.30 bits per heavy atom. The maximum absolute atomic E-state index is 13.7. The van der Waals surface area contributed by atoms with Crippen molar-refractivity contribution in [2.75, 3.05) is 13.1 Å². The molecule has 5 heteroatoms. The lowest BCUT2D eigenvalue weighted by Crippen LogP contribution is -2.42. The number of benzene rings is 1. The first kappa shape index (κ1) is 13.4. The van der Waals surface area contributed by atoms with E-state index < -0.39 is 11.4 Å². The molecule has 0 radical (unpaired) electrons. The third-order valence-corrected chi connectivity index (χ3v) is 4.49. The molecule has 0 unspecified atom stereocenters. The number of rotatable bonds is 2. The Hall–Kier alpha value is -1.62. The standard InChI is InChI=1S/C15H18FNO3/c16-13-9-11(18)1-2-12(13)14(19)17-7-3-10(4-8-17)15(20)5-6-15/h1-2,9-10,18,20H,3-8H2. The van der Waals surface area contributed by atoms with Crippen molar-refractivity contribution >= 4 is 5.91 Å². The molecule has 2 N–H and O–H groups in total. The van der Waals surface area contributed by atoms with Gasteiger partial charge in [0.2, 0.25) is 0 Å². The van der Waals surface area contributed by atoms with Crippen molar-refractivity contribution in [2.24, 2.45) is 5.92 Å². The van der Waals surface area contributed by atoms with E-state index in [0.29, 0.717) is 13.1 Å². The molecule has 1 amide bonds. The number of carbonyl (C=O) groups excluding carboxylic acids is 1. The molecule has 1 heterocycles. The number of hydrogen-bond acceptors (Lipinski definition) is 3. The predicted molar refractivity (Wildman–Crippen MR) is 70.9 cm³/mol. The van der Waals surface area contributed by atoms with Crippen molar-refractivity contribution in [3.8, 4) is 5.75 Å². The van der Waals surface area contributed by atoms with Crippen molar-refractivity contribution in [3.05, 3.63) is 29.6 Å². The van der Waals surface area contributed by atoms with Crippen molar-refractivity contribution in [3.63, 3.8) is 0 Å². The molecule has 0 spiro atoms. The number of amides is 1. The van der Waals surface area contributed by atoms with E-state index in [1.54, 1.807) is 4.90 Å². The minimum Gasteiger partial charge on any atom is -0.508 e. The summed E-state index contributed by atoms with van der Waals surface area (Å²) < 4.78 is 13.7. The number of carbonyl (C=O) groups is 1. The van der Waals surface area contributed by atoms with Gasteiger partial charge in [-0.25, -0.2) is 4.39 Å². The molecule has 1 saturated heterocycles. The van der Waals surface area contributed by atoms with Crippen LogP contribution >= 0.6 is 0 Å². The van der Waals surface area contributed by atoms with Gasteiger partial charge < -0.3 is 15.1 Å². The Bertz CT molecular complexity index is 534. The van der Waals surface area contributed by atoms with Gasteiger partial charge in [0, 0.05) is 19.2 Å². The SMILES string of the molecule is O=C(c1ccc(O)cc1F)N1CCC(C2(O)CC2)CC1. The van der Waals surface area contributed by atoms with E-state index in [1.165, 1.54) is 12.1 Å². The quantitative estimate of drug-likeness (QED) is 0.869. The topological polar surface area (TPSA) is 60.8 Å². The van der Waals surface area contributed by atoms with Crippen molar-refractivity contribution in [2.45, 2.75) is 31.3 Å². The molecule has 3 rings (SSSR count). The lowest BCUT2D eigenvalue weighted by Gasteiger charge is -2.34. The first-order valence-corrected chi connectivity index (χ1v) is 7.00. The van der Waals surface area contributed by atoms with E-state index in [0.717, 1.165) is 31.7 Å². The second-order valence-electron chi connectivity index (χ2n) is 5.83. The Balaban J connectivity index is 1.67. The third kappa shape index (κ3) is 2.38. The molecule has 1 aromatic rings. The molecule has 1 aromatic carbocycles. The summed E-state index contributed by atoms with van der Waals surface area (Å²) in [6.07, 6.45) is 3.25. The molecule has 2 aliphatic rings. The fourth-order valence-electron chi connectivity index (χ4n) is 3.00. The second-order valence-corrected chi connectivity index (χ2v) is 5.83. The highest BCUT2D eigenvalue weighted by molar-refractivity contribution is 5.94. The van der Waals surface area contributed by atoms with E-state index in [1.807, 2.05) is 0 Å². The summed E-state index contributed by atoms with van der Waals surface area (Å²) in [5, 5.41) is 19.2. The summed E-state index contributed by atoms with van der Waals surface area (Å²) in [5.41, 5.74) is -0.509. The van der Waals surface area contributed by atoms with Crippen molar-refractivity contribution in [1.82, 2.24) is 4.90 Å². The van der Waals surface area contributed by atoms with Gasteiger partial charge in [-0.2, -0.15) is 0 Å². The zero-order valence-corrected chi connectivity index (χ0v) is 11.2. The number of piperidine rings is 1. The smallest absolute Gasteiger partial charge is 0.256 e. The van der Waals surface area contributed by atoms with Gasteiger partial charge in [-0.15, -0.1) is 0 Å². The van der Waals surface area contributed by atoms with Crippen LogP contribution in [0.4, 0.5) is 4.39 Å². The third-order valence-electron chi connectivity index (χ3n) is 4.49. The predicted octanol–water partition coefficient (Wildman–Crippen LogP) is 1.91. The maximum Gasteiger partial charge on any atom is 0.256 e. The minimum absolute atomic E-state index is 0.00798. The van der Waals surface area contributed by atoms with Gasteiger partial charge in [0.1, 0.15) is 11.6 Å². The minimum atomic E-state index is -0.696. The summed E-state index contributed by atoms with van der Waals surface area (Å²) in [6, 6.07) is 3.58. The Morgan fingerprint density at radius 2 is 1.95 bits per heavy atom. The molecule has 108 valence electrons. The van der Waals surface area contributed by atoms with Crippen LogP contribution in [0, 0.1) is 11.7 Å². The van der Waals surface area contributed by atoms with E-state index in [9.17, 15) is 14.3 Å². The van der Waals surface area contributed by atoms with Gasteiger partial charge in [-0.05, 0) is 43.7 Å². The maximum atomic E-state index is 13.7. The first-order valence-electron chi connectivity index (χ1n) is 7.00. The summed E-state index contributed by atoms with van der Waals surface area (Å²) in [6.45, 7) is 1.10. The van der Waals surface area contributed by atoms with Gasteiger partial charge in [-0.3, -0.25) is 4.79 Å². The molecular weight excluding hydrogens is 261 g/mol. The number of likely N-dealkylation sites (tertiary alicyclic amines) is 1. The average Bonchev–Trinajstić information content (AvgIpc) is 3.18. The van der Waals surface area contributed by atoms with Gasteiger partial charge in [-0.1, -0.05) is 0 Å². The monoisotopic (exact) mass is 279 g/mol. The molecule has 4 nitrogen and oxygen atoms in total. The Labute approximate surface area is 116 Å². The van der Waals surface area contributed by atoms with E-state index >= 15 is 0 Å². The van der Waals surface area contributed by atoms with Gasteiger partial charge >= 0.3 is 0 Å². The van der Waals surface area contributed by atoms with E-state index in [4.69, 9.17) is 5.11 Å². The van der Waals surface area contributed by atoms with Crippen LogP contribution in [0.3, 0.4) is 0 Å². The summed E-state index contributed by atoms with van der Waals surface area (Å²) in [5.74, 6) is -0.966. The van der Waals surface area contributed by atoms with Crippen LogP contribution in [0.25, 0.3) is 0 Å². The Morgan fingerprint density at radius 3 is 2.50 bits per heavy atom. The van der Waals surface area contributed by atoms with Crippen LogP contribution in [-0.4, -0.2) is 39.7 Å². The average molecular weight is 279 g/mol. The van der Waals surface area contributed by atoms with Crippen LogP contribution in [0.5, 0.6) is 5.75 Å². The van der Waals surface area contributed by atoms with Crippen LogP contribution in [0.1, 0.15) is 36.0 Å². The fourth-order valence-corrected chi connectivity index (χ4v) is 3.00. The summed E-state index contributed by atoms with van der Waals surface area (Å²) in [7, 11) is 0. The molecule has 0 bridgehead atoms. The largest absolute Gasteiger partial charge is 0.508 e. The number of phenols is 1. The number of phenolic OH excluding ortho intramolecular Hbond substituents is 1. The molecule has 1 aliphatic carbocycles. The molecule has 2 fully saturated rings. The highest BCUT2D eigenvalue weighted by atomic mass is 19.1. The van der Waals surface area contributed by atoms with E-state index in [2.05, 4.69) is 0 Å². The van der Waals surface area contributed by atoms with E-state index in [-0.39, 0.29) is 23.1 Å². The highest BCUT2D eigenvalue weighted by Crippen LogP contribution is 2.46. The molecule has 0 atom stereocenters. The lowest BCUT2D eigenvalue weighted by atomic mass is 9.89. The van der Waals surface area contributed by atoms with Gasteiger partial charge in [0.05, 0.1) is 11.2 Å². The second kappa shape index (κ2) is 4.74. The molecule has 0 aromatic heterocycles. The van der Waals surface area contributed by atoms with Crippen molar-refractivity contribution < 1.29 is 19.4 Å². The zero-order chi connectivity index (χ0) is 14.3. The summed E-state index contributed by atoms with van der Waals surface area (Å²) in [4.78, 5) is 13.9. The summed E-state index contributed by atoms with van der Waals surface area (Å²) >= 11 is 0. The van der Waals surface area contributed by atoms with Crippen LogP contribution in [-0.2, 0) is 0 Å². The molecular formula is C15H18FNO3.